The van der Waals surface area contributed by atoms with Gasteiger partial charge in [-0.25, -0.2) is 0 Å². The maximum atomic E-state index is 5.85. The summed E-state index contributed by atoms with van der Waals surface area (Å²) in [6, 6.07) is 10.6. The Hall–Kier alpha value is -0.900. The van der Waals surface area contributed by atoms with Gasteiger partial charge in [0.05, 0.1) is 12.7 Å². The van der Waals surface area contributed by atoms with Crippen LogP contribution in [0.5, 0.6) is 0 Å². The third kappa shape index (κ3) is 2.44. The van der Waals surface area contributed by atoms with Crippen molar-refractivity contribution < 1.29 is 14.2 Å². The molecule has 2 fully saturated rings. The SMILES string of the molecule is CO[C@H]1C[C@H](CCc2ccccc2)[C@H]2CO[C@@H]1O2. The third-order valence-electron chi connectivity index (χ3n) is 4.05. The molecule has 2 aliphatic heterocycles. The predicted molar refractivity (Wildman–Crippen MR) is 68.3 cm³/mol. The van der Waals surface area contributed by atoms with Crippen molar-refractivity contribution in [2.45, 2.75) is 37.8 Å². The molecule has 0 saturated carbocycles. The summed E-state index contributed by atoms with van der Waals surface area (Å²) in [5.74, 6) is 0.550. The van der Waals surface area contributed by atoms with Crippen molar-refractivity contribution in [3.63, 3.8) is 0 Å². The van der Waals surface area contributed by atoms with Crippen LogP contribution in [0.4, 0.5) is 0 Å². The van der Waals surface area contributed by atoms with Crippen molar-refractivity contribution in [1.29, 1.82) is 0 Å². The molecule has 3 nitrogen and oxygen atoms in total. The summed E-state index contributed by atoms with van der Waals surface area (Å²) in [5.41, 5.74) is 1.40. The lowest BCUT2D eigenvalue weighted by Crippen LogP contribution is -2.39. The molecule has 1 aromatic rings. The zero-order valence-corrected chi connectivity index (χ0v) is 10.7. The van der Waals surface area contributed by atoms with E-state index in [1.165, 1.54) is 5.56 Å². The van der Waals surface area contributed by atoms with Crippen molar-refractivity contribution in [3.05, 3.63) is 35.9 Å². The second kappa shape index (κ2) is 5.39. The smallest absolute Gasteiger partial charge is 0.184 e. The topological polar surface area (TPSA) is 27.7 Å². The van der Waals surface area contributed by atoms with Crippen LogP contribution in [0.1, 0.15) is 18.4 Å². The van der Waals surface area contributed by atoms with E-state index in [1.807, 2.05) is 0 Å². The number of aryl methyl sites for hydroxylation is 1. The number of benzene rings is 1. The second-order valence-electron chi connectivity index (χ2n) is 5.17. The normalized spacial score (nSPS) is 34.7. The minimum absolute atomic E-state index is 0.101. The van der Waals surface area contributed by atoms with Crippen LogP contribution in [0.2, 0.25) is 0 Å². The van der Waals surface area contributed by atoms with Gasteiger partial charge in [0, 0.05) is 7.11 Å². The first kappa shape index (κ1) is 12.2. The molecule has 2 heterocycles. The average Bonchev–Trinajstić information content (AvgIpc) is 2.84. The van der Waals surface area contributed by atoms with E-state index in [-0.39, 0.29) is 18.5 Å². The Bertz CT molecular complexity index is 379. The first-order chi connectivity index (χ1) is 8.86. The van der Waals surface area contributed by atoms with Gasteiger partial charge in [-0.2, -0.15) is 0 Å². The summed E-state index contributed by atoms with van der Waals surface area (Å²) in [6.07, 6.45) is 3.54. The van der Waals surface area contributed by atoms with Gasteiger partial charge in [0.15, 0.2) is 6.29 Å². The highest BCUT2D eigenvalue weighted by molar-refractivity contribution is 5.14. The van der Waals surface area contributed by atoms with E-state index in [9.17, 15) is 0 Å². The molecule has 0 aromatic heterocycles. The quantitative estimate of drug-likeness (QED) is 0.819. The molecule has 0 N–H and O–H groups in total. The molecule has 4 atom stereocenters. The maximum absolute atomic E-state index is 5.85. The van der Waals surface area contributed by atoms with Crippen LogP contribution in [0.25, 0.3) is 0 Å². The molecule has 0 unspecified atom stereocenters. The molecule has 18 heavy (non-hydrogen) atoms. The van der Waals surface area contributed by atoms with Gasteiger partial charge in [0.1, 0.15) is 6.10 Å². The molecule has 3 rings (SSSR count). The molecule has 2 saturated heterocycles. The van der Waals surface area contributed by atoms with Crippen LogP contribution in [-0.4, -0.2) is 32.2 Å². The van der Waals surface area contributed by atoms with Crippen LogP contribution in [0, 0.1) is 5.92 Å². The summed E-state index contributed by atoms with van der Waals surface area (Å²) in [6.45, 7) is 0.726. The van der Waals surface area contributed by atoms with E-state index >= 15 is 0 Å². The monoisotopic (exact) mass is 248 g/mol. The molecule has 3 heteroatoms. The zero-order chi connectivity index (χ0) is 12.4. The molecule has 0 amide bonds. The van der Waals surface area contributed by atoms with Crippen molar-refractivity contribution in [2.75, 3.05) is 13.7 Å². The van der Waals surface area contributed by atoms with Gasteiger partial charge in [-0.15, -0.1) is 0 Å². The summed E-state index contributed by atoms with van der Waals surface area (Å²) in [5, 5.41) is 0. The second-order valence-corrected chi connectivity index (χ2v) is 5.17. The standard InChI is InChI=1S/C15H20O3/c1-16-13-9-12(14-10-17-15(13)18-14)8-7-11-5-3-2-4-6-11/h2-6,12-15H,7-10H2,1H3/t12-,13-,14+,15+/m0/s1. The number of hydrogen-bond acceptors (Lipinski definition) is 3. The highest BCUT2D eigenvalue weighted by atomic mass is 16.7. The van der Waals surface area contributed by atoms with Crippen molar-refractivity contribution in [1.82, 2.24) is 0 Å². The van der Waals surface area contributed by atoms with Crippen LogP contribution in [-0.2, 0) is 20.6 Å². The Morgan fingerprint density at radius 3 is 2.89 bits per heavy atom. The molecule has 0 radical (unpaired) electrons. The number of methoxy groups -OCH3 is 1. The first-order valence-electron chi connectivity index (χ1n) is 6.70. The molecule has 0 aliphatic carbocycles. The molecule has 2 bridgehead atoms. The summed E-state index contributed by atoms with van der Waals surface area (Å²) in [4.78, 5) is 0. The van der Waals surface area contributed by atoms with E-state index in [1.54, 1.807) is 7.11 Å². The predicted octanol–water partition coefficient (Wildman–Crippen LogP) is 2.40. The molecule has 0 spiro atoms. The van der Waals surface area contributed by atoms with Gasteiger partial charge < -0.3 is 14.2 Å². The molecular formula is C15H20O3. The van der Waals surface area contributed by atoms with Gasteiger partial charge in [-0.3, -0.25) is 0 Å². The van der Waals surface area contributed by atoms with E-state index in [0.29, 0.717) is 5.92 Å². The lowest BCUT2D eigenvalue weighted by Gasteiger charge is -2.32. The lowest BCUT2D eigenvalue weighted by atomic mass is 9.88. The summed E-state index contributed by atoms with van der Waals surface area (Å²) < 4.78 is 16.9. The van der Waals surface area contributed by atoms with Crippen LogP contribution >= 0.6 is 0 Å². The average molecular weight is 248 g/mol. The number of fused-ring (bicyclic) bond motifs is 2. The Balaban J connectivity index is 1.59. The Morgan fingerprint density at radius 1 is 1.28 bits per heavy atom. The van der Waals surface area contributed by atoms with Gasteiger partial charge in [-0.05, 0) is 30.7 Å². The Kier molecular flexibility index (Phi) is 3.64. The Morgan fingerprint density at radius 2 is 2.11 bits per heavy atom. The van der Waals surface area contributed by atoms with Gasteiger partial charge in [0.25, 0.3) is 0 Å². The number of ether oxygens (including phenoxy) is 3. The third-order valence-corrected chi connectivity index (χ3v) is 4.05. The maximum Gasteiger partial charge on any atom is 0.184 e. The van der Waals surface area contributed by atoms with Crippen molar-refractivity contribution in [2.24, 2.45) is 5.92 Å². The first-order valence-corrected chi connectivity index (χ1v) is 6.70. The Labute approximate surface area is 108 Å². The lowest BCUT2D eigenvalue weighted by molar-refractivity contribution is -0.178. The number of rotatable bonds is 4. The van der Waals surface area contributed by atoms with E-state index in [2.05, 4.69) is 30.3 Å². The molecular weight excluding hydrogens is 228 g/mol. The fourth-order valence-corrected chi connectivity index (χ4v) is 2.95. The fraction of sp³-hybridized carbons (Fsp3) is 0.600. The molecule has 98 valence electrons. The van der Waals surface area contributed by atoms with E-state index < -0.39 is 0 Å². The minimum Gasteiger partial charge on any atom is -0.376 e. The summed E-state index contributed by atoms with van der Waals surface area (Å²) >= 11 is 0. The van der Waals surface area contributed by atoms with Crippen molar-refractivity contribution >= 4 is 0 Å². The number of hydrogen-bond donors (Lipinski definition) is 0. The highest BCUT2D eigenvalue weighted by Crippen LogP contribution is 2.35. The van der Waals surface area contributed by atoms with Crippen molar-refractivity contribution in [3.8, 4) is 0 Å². The van der Waals surface area contributed by atoms with E-state index in [0.717, 1.165) is 25.9 Å². The molecule has 2 aliphatic rings. The fourth-order valence-electron chi connectivity index (χ4n) is 2.95. The van der Waals surface area contributed by atoms with Gasteiger partial charge in [-0.1, -0.05) is 30.3 Å². The van der Waals surface area contributed by atoms with Crippen LogP contribution in [0.3, 0.4) is 0 Å². The van der Waals surface area contributed by atoms with Gasteiger partial charge >= 0.3 is 0 Å². The summed E-state index contributed by atoms with van der Waals surface area (Å²) in [7, 11) is 1.74. The van der Waals surface area contributed by atoms with Crippen LogP contribution in [0.15, 0.2) is 30.3 Å². The largest absolute Gasteiger partial charge is 0.376 e. The van der Waals surface area contributed by atoms with E-state index in [4.69, 9.17) is 14.2 Å². The minimum atomic E-state index is -0.132. The molecule has 1 aromatic carbocycles. The zero-order valence-electron chi connectivity index (χ0n) is 10.7. The van der Waals surface area contributed by atoms with Gasteiger partial charge in [0.2, 0.25) is 0 Å². The van der Waals surface area contributed by atoms with Crippen LogP contribution < -0.4 is 0 Å². The highest BCUT2D eigenvalue weighted by Gasteiger charge is 2.43.